The van der Waals surface area contributed by atoms with Gasteiger partial charge in [-0.15, -0.1) is 11.6 Å². The first-order valence-corrected chi connectivity index (χ1v) is 26.4. The molecule has 0 saturated heterocycles. The van der Waals surface area contributed by atoms with Crippen molar-refractivity contribution in [3.8, 4) is 0 Å². The monoisotopic (exact) mass is 1270 g/mol. The van der Waals surface area contributed by atoms with Gasteiger partial charge < -0.3 is 0 Å². The summed E-state index contributed by atoms with van der Waals surface area (Å²) in [6, 6.07) is 53.8. The Kier molecular flexibility index (Phi) is 54.0. The molecule has 0 nitrogen and oxygen atoms in total. The van der Waals surface area contributed by atoms with E-state index in [2.05, 4.69) is 244 Å². The van der Waals surface area contributed by atoms with E-state index in [0.29, 0.717) is 16.1 Å². The molecule has 0 aromatic heterocycles. The summed E-state index contributed by atoms with van der Waals surface area (Å²) in [5.74, 6) is 2.52. The second-order valence-corrected chi connectivity index (χ2v) is 23.9. The highest BCUT2D eigenvalue weighted by Gasteiger charge is 2.11. The zero-order valence-electron chi connectivity index (χ0n) is 33.6. The van der Waals surface area contributed by atoms with Crippen LogP contribution in [0.1, 0.15) is 83.4 Å². The van der Waals surface area contributed by atoms with E-state index in [1.165, 1.54) is 42.4 Å². The molecule has 5 aromatic rings. The van der Waals surface area contributed by atoms with Crippen LogP contribution >= 0.6 is 146 Å². The van der Waals surface area contributed by atoms with Gasteiger partial charge in [-0.1, -0.05) is 328 Å². The average Bonchev–Trinajstić information content (AvgIpc) is 3.20. The zero-order valence-corrected chi connectivity index (χ0v) is 46.9. The van der Waals surface area contributed by atoms with E-state index in [4.69, 9.17) is 34.8 Å². The topological polar surface area (TPSA) is 0 Å². The summed E-state index contributed by atoms with van der Waals surface area (Å²) >= 11 is 36.1. The molecule has 56 heavy (non-hydrogen) atoms. The van der Waals surface area contributed by atoms with E-state index >= 15 is 0 Å². The lowest BCUT2D eigenvalue weighted by molar-refractivity contribution is 0.590. The van der Waals surface area contributed by atoms with Gasteiger partial charge in [-0.05, 0) is 65.3 Å². The maximum atomic E-state index is 4.96. The predicted octanol–water partition coefficient (Wildman–Crippen LogP) is 20.5. The molecular weight excluding hydrogens is 1220 g/mol. The summed E-state index contributed by atoms with van der Waals surface area (Å²) in [4.78, 5) is 0.535. The Labute approximate surface area is 416 Å². The number of aryl methyl sites for hydroxylation is 1. The molecule has 0 bridgehead atoms. The van der Waals surface area contributed by atoms with Crippen molar-refractivity contribution in [2.45, 2.75) is 84.9 Å². The van der Waals surface area contributed by atoms with Crippen molar-refractivity contribution in [2.75, 3.05) is 10.6 Å². The molecule has 0 aliphatic carbocycles. The van der Waals surface area contributed by atoms with E-state index < -0.39 is 3.75 Å². The first-order valence-electron chi connectivity index (χ1n) is 17.8. The van der Waals surface area contributed by atoms with Gasteiger partial charge in [-0.25, -0.2) is 0 Å². The lowest BCUT2D eigenvalue weighted by Crippen LogP contribution is -2.10. The summed E-state index contributed by atoms with van der Waals surface area (Å²) < 4.78 is 0.995. The zero-order chi connectivity index (χ0) is 43.5. The van der Waals surface area contributed by atoms with Gasteiger partial charge in [0.05, 0.1) is 4.79 Å². The Morgan fingerprint density at radius 2 is 0.857 bits per heavy atom. The summed E-state index contributed by atoms with van der Waals surface area (Å²) in [6.07, 6.45) is 5.06. The lowest BCUT2D eigenvalue weighted by Gasteiger charge is -2.18. The molecule has 5 rings (SSSR count). The number of benzene rings is 5. The van der Waals surface area contributed by atoms with Crippen LogP contribution in [-0.2, 0) is 11.8 Å². The molecule has 1 unspecified atom stereocenters. The summed E-state index contributed by atoms with van der Waals surface area (Å²) in [5, 5.41) is 0. The van der Waals surface area contributed by atoms with Crippen LogP contribution < -0.4 is 0 Å². The Hall–Kier alpha value is 0.330. The molecule has 5 aromatic carbocycles. The lowest BCUT2D eigenvalue weighted by atomic mass is 9.87. The largest absolute Gasteiger partial charge is 0.162 e. The predicted molar refractivity (Wildman–Crippen MR) is 285 cm³/mol. The number of alkyl halides is 9. The highest BCUT2D eigenvalue weighted by molar-refractivity contribution is 9.38. The highest BCUT2D eigenvalue weighted by Crippen LogP contribution is 2.21. The summed E-state index contributed by atoms with van der Waals surface area (Å²) in [5.41, 5.74) is 4.60. The van der Waals surface area contributed by atoms with Gasteiger partial charge in [0, 0.05) is 4.47 Å². The van der Waals surface area contributed by atoms with Crippen LogP contribution in [0.4, 0.5) is 0 Å². The standard InChI is InChI=1S/3C10H14.C6H5Br.C6H6.CHBr3.CHBrCl2.CH2BrCl.CH3Br/c1-10(2,3)9-7-5-4-6-8-9;1-3-9(2)10-7-5-4-6-8-10;1-2-3-7-10-8-5-4-6-9-10;7-6-4-2-1-3-5-6;1-2-4-6-5-3-1;2*2-1(3)4;2-1-3;1-2/h4-8H,1-3H3;4-9H,3H2,1-2H3;4-6,8-9H,2-3,7H2,1H3;1-5H;1-6H;2*1H;1H2;1H3. The van der Waals surface area contributed by atoms with Crippen molar-refractivity contribution in [1.82, 2.24) is 0 Å². The Bertz CT molecular complexity index is 1360. The second-order valence-electron chi connectivity index (χ2n) is 12.0. The average molecular weight is 1280 g/mol. The molecule has 0 fully saturated rings. The van der Waals surface area contributed by atoms with Gasteiger partial charge >= 0.3 is 0 Å². The van der Waals surface area contributed by atoms with Crippen LogP contribution in [0.5, 0.6) is 0 Å². The number of unbranched alkanes of at least 4 members (excludes halogenated alkanes) is 1. The van der Waals surface area contributed by atoms with Crippen molar-refractivity contribution < 1.29 is 0 Å². The van der Waals surface area contributed by atoms with Crippen molar-refractivity contribution in [2.24, 2.45) is 0 Å². The van der Waals surface area contributed by atoms with Crippen molar-refractivity contribution in [3.05, 3.63) is 179 Å². The van der Waals surface area contributed by atoms with Gasteiger partial charge in [-0.3, -0.25) is 0 Å². The molecule has 0 amide bonds. The van der Waals surface area contributed by atoms with Crippen molar-refractivity contribution >= 4 is 146 Å². The molecule has 0 aliphatic rings. The van der Waals surface area contributed by atoms with Gasteiger partial charge in [0.15, 0.2) is 3.75 Å². The minimum atomic E-state index is -0.410. The number of hydrogen-bond acceptors (Lipinski definition) is 0. The van der Waals surface area contributed by atoms with Crippen molar-refractivity contribution in [3.63, 3.8) is 0 Å². The van der Waals surface area contributed by atoms with E-state index in [1.54, 1.807) is 0 Å². The number of hydrogen-bond donors (Lipinski definition) is 0. The van der Waals surface area contributed by atoms with Crippen LogP contribution in [0.2, 0.25) is 0 Å². The minimum absolute atomic E-state index is 0.271. The Morgan fingerprint density at radius 3 is 1.11 bits per heavy atom. The van der Waals surface area contributed by atoms with Gasteiger partial charge in [-0.2, -0.15) is 0 Å². The van der Waals surface area contributed by atoms with Crippen LogP contribution in [0.3, 0.4) is 0 Å². The van der Waals surface area contributed by atoms with Crippen LogP contribution in [0, 0.1) is 0 Å². The van der Waals surface area contributed by atoms with E-state index in [-0.39, 0.29) is 2.65 Å². The third kappa shape index (κ3) is 52.3. The fourth-order valence-corrected chi connectivity index (χ4v) is 4.09. The first-order chi connectivity index (χ1) is 26.7. The van der Waals surface area contributed by atoms with E-state index in [0.717, 1.165) is 4.47 Å². The number of halogens is 10. The molecule has 0 saturated carbocycles. The van der Waals surface area contributed by atoms with Crippen molar-refractivity contribution in [1.29, 1.82) is 0 Å². The number of rotatable bonds is 5. The van der Waals surface area contributed by atoms with Crippen LogP contribution in [0.15, 0.2) is 162 Å². The molecule has 0 radical (unpaired) electrons. The molecule has 10 heteroatoms. The molecule has 0 heterocycles. The third-order valence-corrected chi connectivity index (χ3v) is 7.21. The SMILES string of the molecule is BrC(Br)Br.Brc1ccccc1.CBr.CC(C)(C)c1ccccc1.CCC(C)c1ccccc1.CCCCc1ccccc1.ClC(Cl)Br.ClCBr.c1ccccc1. The summed E-state index contributed by atoms with van der Waals surface area (Å²) in [6.45, 7) is 13.4. The molecule has 314 valence electrons. The van der Waals surface area contributed by atoms with Gasteiger partial charge in [0.1, 0.15) is 2.65 Å². The van der Waals surface area contributed by atoms with Crippen LogP contribution in [-0.4, -0.2) is 17.0 Å². The van der Waals surface area contributed by atoms with Gasteiger partial charge in [0.25, 0.3) is 0 Å². The molecule has 1 atom stereocenters. The van der Waals surface area contributed by atoms with Gasteiger partial charge in [0.2, 0.25) is 0 Å². The Balaban J connectivity index is -0.000000283. The Morgan fingerprint density at radius 1 is 0.571 bits per heavy atom. The quantitative estimate of drug-likeness (QED) is 0.154. The maximum Gasteiger partial charge on any atom is 0.162 e. The van der Waals surface area contributed by atoms with E-state index in [9.17, 15) is 0 Å². The minimum Gasteiger partial charge on any atom is -0.114 e. The smallest absolute Gasteiger partial charge is 0.114 e. The fourth-order valence-electron chi connectivity index (χ4n) is 3.78. The first kappa shape index (κ1) is 63.0. The fraction of sp³-hybridized carbons (Fsp3) is 0.348. The molecule has 0 aliphatic heterocycles. The van der Waals surface area contributed by atoms with Crippen LogP contribution in [0.25, 0.3) is 0 Å². The molecule has 0 spiro atoms. The second kappa shape index (κ2) is 48.0. The highest BCUT2D eigenvalue weighted by atomic mass is 80.0. The van der Waals surface area contributed by atoms with E-state index in [1.807, 2.05) is 72.6 Å². The normalized spacial score (nSPS) is 9.77. The third-order valence-electron chi connectivity index (χ3n) is 6.68. The summed E-state index contributed by atoms with van der Waals surface area (Å²) in [7, 11) is 0. The molecular formula is C46H60Br7Cl3. The maximum absolute atomic E-state index is 4.96. The molecule has 0 N–H and O–H groups in total.